The number of sulfonamides is 1. The first-order valence-electron chi connectivity index (χ1n) is 7.36. The maximum atomic E-state index is 13.6. The Morgan fingerprint density at radius 1 is 1.28 bits per heavy atom. The number of carbonyl (C=O) groups excluding carboxylic acids is 1. The molecule has 1 heterocycles. The summed E-state index contributed by atoms with van der Waals surface area (Å²) >= 11 is 1.14. The minimum Gasteiger partial charge on any atom is -0.325 e. The predicted molar refractivity (Wildman–Crippen MR) is 90.3 cm³/mol. The van der Waals surface area contributed by atoms with Gasteiger partial charge in [-0.1, -0.05) is 0 Å². The van der Waals surface area contributed by atoms with E-state index >= 15 is 0 Å². The van der Waals surface area contributed by atoms with E-state index in [1.54, 1.807) is 5.38 Å². The Morgan fingerprint density at radius 3 is 2.40 bits per heavy atom. The standard InChI is InChI=1S/C15H15F2N3O3S2/c1-14(16,17)15(6-7-15)12(21)19-10-2-4-11(5-3-10)25(22,23)20-13-18-8-9-24-13/h2-5,8-9H,6-7H2,1H3,(H,18,20)(H,19,21). The number of thiazole rings is 1. The third-order valence-corrected chi connectivity index (χ3v) is 6.27. The van der Waals surface area contributed by atoms with Gasteiger partial charge in [-0.15, -0.1) is 11.3 Å². The Hall–Kier alpha value is -2.07. The molecule has 134 valence electrons. The summed E-state index contributed by atoms with van der Waals surface area (Å²) in [5.74, 6) is -3.85. The fraction of sp³-hybridized carbons (Fsp3) is 0.333. The van der Waals surface area contributed by atoms with Crippen molar-refractivity contribution in [2.24, 2.45) is 5.41 Å². The van der Waals surface area contributed by atoms with Crippen molar-refractivity contribution in [3.05, 3.63) is 35.8 Å². The Kier molecular flexibility index (Phi) is 4.28. The molecule has 2 N–H and O–H groups in total. The zero-order valence-electron chi connectivity index (χ0n) is 13.1. The van der Waals surface area contributed by atoms with Gasteiger partial charge in [-0.2, -0.15) is 0 Å². The van der Waals surface area contributed by atoms with E-state index in [1.807, 2.05) is 0 Å². The minimum atomic E-state index is -3.80. The summed E-state index contributed by atoms with van der Waals surface area (Å²) in [7, 11) is -3.80. The van der Waals surface area contributed by atoms with Crippen molar-refractivity contribution in [2.45, 2.75) is 30.6 Å². The maximum absolute atomic E-state index is 13.6. The second kappa shape index (κ2) is 6.03. The van der Waals surface area contributed by atoms with Crippen molar-refractivity contribution in [3.8, 4) is 0 Å². The molecule has 0 unspecified atom stereocenters. The monoisotopic (exact) mass is 387 g/mol. The Labute approximate surface area is 147 Å². The van der Waals surface area contributed by atoms with Gasteiger partial charge >= 0.3 is 0 Å². The van der Waals surface area contributed by atoms with E-state index in [-0.39, 0.29) is 28.6 Å². The van der Waals surface area contributed by atoms with Crippen LogP contribution in [0.25, 0.3) is 0 Å². The van der Waals surface area contributed by atoms with E-state index in [9.17, 15) is 22.0 Å². The summed E-state index contributed by atoms with van der Waals surface area (Å²) in [4.78, 5) is 15.9. The lowest BCUT2D eigenvalue weighted by Crippen LogP contribution is -2.37. The molecule has 1 saturated carbocycles. The Bertz CT molecular complexity index is 872. The predicted octanol–water partition coefficient (Wildman–Crippen LogP) is 3.32. The van der Waals surface area contributed by atoms with Crippen LogP contribution in [0.5, 0.6) is 0 Å². The van der Waals surface area contributed by atoms with E-state index < -0.39 is 27.3 Å². The van der Waals surface area contributed by atoms with Crippen LogP contribution in [-0.4, -0.2) is 25.2 Å². The van der Waals surface area contributed by atoms with E-state index in [0.29, 0.717) is 0 Å². The van der Waals surface area contributed by atoms with Crippen molar-refractivity contribution in [3.63, 3.8) is 0 Å². The molecule has 0 bridgehead atoms. The Balaban J connectivity index is 1.72. The van der Waals surface area contributed by atoms with Crippen LogP contribution in [0.2, 0.25) is 0 Å². The van der Waals surface area contributed by atoms with Crippen LogP contribution in [0.4, 0.5) is 19.6 Å². The molecule has 0 atom stereocenters. The summed E-state index contributed by atoms with van der Waals surface area (Å²) < 4.78 is 53.9. The molecular formula is C15H15F2N3O3S2. The van der Waals surface area contributed by atoms with Gasteiger partial charge in [-0.05, 0) is 37.1 Å². The maximum Gasteiger partial charge on any atom is 0.263 e. The van der Waals surface area contributed by atoms with Gasteiger partial charge in [0.25, 0.3) is 15.9 Å². The van der Waals surface area contributed by atoms with Gasteiger partial charge in [0.2, 0.25) is 5.91 Å². The van der Waals surface area contributed by atoms with Crippen molar-refractivity contribution in [1.82, 2.24) is 4.98 Å². The number of alkyl halides is 2. The normalized spacial score (nSPS) is 16.3. The van der Waals surface area contributed by atoms with Gasteiger partial charge in [0.15, 0.2) is 5.13 Å². The number of hydrogen-bond acceptors (Lipinski definition) is 5. The number of nitrogens with one attached hydrogen (secondary N) is 2. The van der Waals surface area contributed by atoms with Crippen molar-refractivity contribution in [2.75, 3.05) is 10.0 Å². The molecule has 0 radical (unpaired) electrons. The number of halogens is 2. The van der Waals surface area contributed by atoms with Gasteiger partial charge < -0.3 is 5.32 Å². The number of benzene rings is 1. The molecule has 25 heavy (non-hydrogen) atoms. The van der Waals surface area contributed by atoms with Crippen LogP contribution in [0.3, 0.4) is 0 Å². The largest absolute Gasteiger partial charge is 0.325 e. The molecule has 10 heteroatoms. The minimum absolute atomic E-state index is 0.0253. The molecule has 6 nitrogen and oxygen atoms in total. The topological polar surface area (TPSA) is 88.2 Å². The summed E-state index contributed by atoms with van der Waals surface area (Å²) in [5.41, 5.74) is -1.40. The fourth-order valence-electron chi connectivity index (χ4n) is 2.41. The van der Waals surface area contributed by atoms with Crippen LogP contribution in [0.15, 0.2) is 40.7 Å². The smallest absolute Gasteiger partial charge is 0.263 e. The quantitative estimate of drug-likeness (QED) is 0.796. The molecule has 0 aliphatic heterocycles. The van der Waals surface area contributed by atoms with Gasteiger partial charge in [-0.25, -0.2) is 22.2 Å². The summed E-state index contributed by atoms with van der Waals surface area (Å²) in [6, 6.07) is 5.29. The number of amides is 1. The van der Waals surface area contributed by atoms with Gasteiger partial charge in [0.1, 0.15) is 5.41 Å². The first-order chi connectivity index (χ1) is 11.6. The molecule has 1 fully saturated rings. The van der Waals surface area contributed by atoms with Crippen LogP contribution in [0.1, 0.15) is 19.8 Å². The zero-order valence-corrected chi connectivity index (χ0v) is 14.8. The molecule has 0 spiro atoms. The second-order valence-corrected chi connectivity index (χ2v) is 8.47. The molecular weight excluding hydrogens is 372 g/mol. The van der Waals surface area contributed by atoms with Crippen LogP contribution in [-0.2, 0) is 14.8 Å². The Morgan fingerprint density at radius 2 is 1.92 bits per heavy atom. The molecule has 1 amide bonds. The lowest BCUT2D eigenvalue weighted by Gasteiger charge is -2.22. The third kappa shape index (κ3) is 3.49. The summed E-state index contributed by atoms with van der Waals surface area (Å²) in [6.07, 6.45) is 1.73. The molecule has 2 aromatic rings. The van der Waals surface area contributed by atoms with Crippen molar-refractivity contribution < 1.29 is 22.0 Å². The average molecular weight is 387 g/mol. The second-order valence-electron chi connectivity index (χ2n) is 5.89. The highest BCUT2D eigenvalue weighted by Crippen LogP contribution is 2.57. The SMILES string of the molecule is CC(F)(F)C1(C(=O)Nc2ccc(S(=O)(=O)Nc3nccs3)cc2)CC1. The highest BCUT2D eigenvalue weighted by atomic mass is 32.2. The molecule has 1 aromatic carbocycles. The molecule has 1 aliphatic carbocycles. The number of carbonyl (C=O) groups is 1. The van der Waals surface area contributed by atoms with Crippen LogP contribution >= 0.6 is 11.3 Å². The first-order valence-corrected chi connectivity index (χ1v) is 9.72. The van der Waals surface area contributed by atoms with E-state index in [4.69, 9.17) is 0 Å². The first kappa shape index (κ1) is 17.7. The molecule has 1 aromatic heterocycles. The summed E-state index contributed by atoms with van der Waals surface area (Å²) in [5, 5.41) is 4.30. The number of nitrogens with zero attached hydrogens (tertiary/aromatic N) is 1. The number of anilines is 2. The highest BCUT2D eigenvalue weighted by molar-refractivity contribution is 7.93. The van der Waals surface area contributed by atoms with Crippen LogP contribution < -0.4 is 10.0 Å². The lowest BCUT2D eigenvalue weighted by atomic mass is 9.98. The molecule has 1 aliphatic rings. The fourth-order valence-corrected chi connectivity index (χ4v) is 4.19. The zero-order chi connectivity index (χ0) is 18.3. The van der Waals surface area contributed by atoms with Gasteiger partial charge in [-0.3, -0.25) is 9.52 Å². The molecule has 3 rings (SSSR count). The highest BCUT2D eigenvalue weighted by Gasteiger charge is 2.64. The van der Waals surface area contributed by atoms with E-state index in [2.05, 4.69) is 15.0 Å². The van der Waals surface area contributed by atoms with E-state index in [0.717, 1.165) is 18.3 Å². The van der Waals surface area contributed by atoms with Crippen molar-refractivity contribution >= 4 is 38.1 Å². The number of aromatic nitrogens is 1. The van der Waals surface area contributed by atoms with Crippen molar-refractivity contribution in [1.29, 1.82) is 0 Å². The number of rotatable bonds is 6. The summed E-state index contributed by atoms with van der Waals surface area (Å²) in [6.45, 7) is 0.736. The van der Waals surface area contributed by atoms with Gasteiger partial charge in [0, 0.05) is 24.2 Å². The van der Waals surface area contributed by atoms with Crippen LogP contribution in [0, 0.1) is 5.41 Å². The van der Waals surface area contributed by atoms with Gasteiger partial charge in [0.05, 0.1) is 4.90 Å². The molecule has 0 saturated heterocycles. The number of hydrogen-bond donors (Lipinski definition) is 2. The third-order valence-electron chi connectivity index (χ3n) is 4.10. The van der Waals surface area contributed by atoms with E-state index in [1.165, 1.54) is 30.5 Å². The average Bonchev–Trinajstić information content (AvgIpc) is 3.21. The lowest BCUT2D eigenvalue weighted by molar-refractivity contribution is -0.136.